The zero-order chi connectivity index (χ0) is 17.8. The highest BCUT2D eigenvalue weighted by molar-refractivity contribution is 8.00. The van der Waals surface area contributed by atoms with Crippen LogP contribution in [0.5, 0.6) is 0 Å². The molecule has 2 saturated heterocycles. The third kappa shape index (κ3) is 4.75. The van der Waals surface area contributed by atoms with Gasteiger partial charge in [-0.15, -0.1) is 11.8 Å². The normalized spacial score (nSPS) is 21.2. The van der Waals surface area contributed by atoms with Crippen molar-refractivity contribution in [3.8, 4) is 0 Å². The number of benzene rings is 1. The van der Waals surface area contributed by atoms with Crippen LogP contribution in [-0.2, 0) is 9.59 Å². The number of thioether (sulfide) groups is 1. The van der Waals surface area contributed by atoms with Crippen molar-refractivity contribution in [2.75, 3.05) is 13.1 Å². The maximum absolute atomic E-state index is 12.3. The largest absolute Gasteiger partial charge is 0.343 e. The van der Waals surface area contributed by atoms with Crippen LogP contribution in [0.1, 0.15) is 31.2 Å². The summed E-state index contributed by atoms with van der Waals surface area (Å²) in [6.45, 7) is 3.59. The second-order valence-corrected chi connectivity index (χ2v) is 7.94. The highest BCUT2D eigenvalue weighted by Crippen LogP contribution is 2.30. The van der Waals surface area contributed by atoms with Crippen LogP contribution in [0, 0.1) is 6.92 Å². The molecule has 2 aliphatic rings. The van der Waals surface area contributed by atoms with E-state index in [4.69, 9.17) is 0 Å². The van der Waals surface area contributed by atoms with Crippen LogP contribution in [-0.4, -0.2) is 47.1 Å². The fourth-order valence-electron chi connectivity index (χ4n) is 3.12. The Labute approximate surface area is 151 Å². The van der Waals surface area contributed by atoms with E-state index in [9.17, 15) is 14.4 Å². The average Bonchev–Trinajstić information content (AvgIpc) is 2.93. The van der Waals surface area contributed by atoms with Gasteiger partial charge in [-0.2, -0.15) is 0 Å². The Bertz CT molecular complexity index is 654. The molecule has 0 spiro atoms. The van der Waals surface area contributed by atoms with Crippen LogP contribution in [0.4, 0.5) is 4.79 Å². The zero-order valence-electron chi connectivity index (χ0n) is 14.3. The van der Waals surface area contributed by atoms with E-state index in [1.807, 2.05) is 16.7 Å². The van der Waals surface area contributed by atoms with Crippen molar-refractivity contribution in [3.63, 3.8) is 0 Å². The molecule has 2 aliphatic heterocycles. The third-order valence-electron chi connectivity index (χ3n) is 4.62. The number of urea groups is 1. The predicted octanol–water partition coefficient (Wildman–Crippen LogP) is 2.07. The molecule has 4 amide bonds. The molecular weight excluding hydrogens is 338 g/mol. The van der Waals surface area contributed by atoms with Gasteiger partial charge in [0.1, 0.15) is 6.04 Å². The number of hydrogen-bond acceptors (Lipinski definition) is 4. The lowest BCUT2D eigenvalue weighted by atomic mass is 10.1. The van der Waals surface area contributed by atoms with Gasteiger partial charge in [-0.25, -0.2) is 4.79 Å². The quantitative estimate of drug-likeness (QED) is 0.787. The van der Waals surface area contributed by atoms with Gasteiger partial charge in [-0.3, -0.25) is 14.9 Å². The van der Waals surface area contributed by atoms with E-state index in [1.165, 1.54) is 10.5 Å². The minimum Gasteiger partial charge on any atom is -0.343 e. The number of rotatable bonds is 5. The minimum atomic E-state index is -0.578. The predicted molar refractivity (Wildman–Crippen MR) is 96.3 cm³/mol. The Kier molecular flexibility index (Phi) is 5.63. The number of amides is 4. The molecule has 0 bridgehead atoms. The van der Waals surface area contributed by atoms with Gasteiger partial charge in [-0.1, -0.05) is 17.7 Å². The summed E-state index contributed by atoms with van der Waals surface area (Å²) in [4.78, 5) is 38.0. The van der Waals surface area contributed by atoms with Crippen LogP contribution in [0.2, 0.25) is 0 Å². The topological polar surface area (TPSA) is 78.5 Å². The van der Waals surface area contributed by atoms with Crippen molar-refractivity contribution in [3.05, 3.63) is 29.8 Å². The van der Waals surface area contributed by atoms with E-state index < -0.39 is 12.1 Å². The minimum absolute atomic E-state index is 0.0627. The van der Waals surface area contributed by atoms with Crippen molar-refractivity contribution in [2.45, 2.75) is 48.8 Å². The SMILES string of the molecule is Cc1ccc(SC2CCN(C(=O)CCC3NC(=O)NC3=O)CC2)cc1. The first-order chi connectivity index (χ1) is 12.0. The first kappa shape index (κ1) is 17.8. The molecule has 25 heavy (non-hydrogen) atoms. The number of nitrogens with zero attached hydrogens (tertiary/aromatic N) is 1. The lowest BCUT2D eigenvalue weighted by Crippen LogP contribution is -2.40. The van der Waals surface area contributed by atoms with E-state index in [0.717, 1.165) is 25.9 Å². The Morgan fingerprint density at radius 1 is 1.20 bits per heavy atom. The van der Waals surface area contributed by atoms with E-state index in [1.54, 1.807) is 0 Å². The molecule has 134 valence electrons. The molecule has 2 N–H and O–H groups in total. The van der Waals surface area contributed by atoms with Gasteiger partial charge in [0.15, 0.2) is 0 Å². The first-order valence-electron chi connectivity index (χ1n) is 8.64. The molecule has 2 fully saturated rings. The number of imide groups is 1. The smallest absolute Gasteiger partial charge is 0.322 e. The van der Waals surface area contributed by atoms with Gasteiger partial charge in [-0.05, 0) is 38.3 Å². The molecule has 7 heteroatoms. The second kappa shape index (κ2) is 7.91. The number of likely N-dealkylation sites (tertiary alicyclic amines) is 1. The van der Waals surface area contributed by atoms with E-state index in [0.29, 0.717) is 11.7 Å². The van der Waals surface area contributed by atoms with Gasteiger partial charge in [0.2, 0.25) is 5.91 Å². The molecule has 0 saturated carbocycles. The molecule has 1 aromatic carbocycles. The number of carbonyl (C=O) groups is 3. The van der Waals surface area contributed by atoms with E-state index in [2.05, 4.69) is 41.8 Å². The number of hydrogen-bond donors (Lipinski definition) is 2. The summed E-state index contributed by atoms with van der Waals surface area (Å²) in [5.74, 6) is -0.279. The van der Waals surface area contributed by atoms with Crippen LogP contribution >= 0.6 is 11.8 Å². The van der Waals surface area contributed by atoms with Gasteiger partial charge in [0, 0.05) is 29.7 Å². The molecule has 1 atom stereocenters. The van der Waals surface area contributed by atoms with Crippen LogP contribution in [0.25, 0.3) is 0 Å². The maximum atomic E-state index is 12.3. The van der Waals surface area contributed by atoms with Crippen molar-refractivity contribution >= 4 is 29.6 Å². The molecule has 0 radical (unpaired) electrons. The molecule has 2 heterocycles. The number of piperidine rings is 1. The molecular formula is C18H23N3O3S. The van der Waals surface area contributed by atoms with Gasteiger partial charge >= 0.3 is 6.03 Å². The van der Waals surface area contributed by atoms with E-state index in [-0.39, 0.29) is 18.2 Å². The second-order valence-electron chi connectivity index (χ2n) is 6.57. The molecule has 6 nitrogen and oxygen atoms in total. The number of carbonyl (C=O) groups excluding carboxylic acids is 3. The summed E-state index contributed by atoms with van der Waals surface area (Å²) in [5.41, 5.74) is 1.26. The van der Waals surface area contributed by atoms with Crippen molar-refractivity contribution in [2.24, 2.45) is 0 Å². The molecule has 0 aliphatic carbocycles. The van der Waals surface area contributed by atoms with Crippen molar-refractivity contribution < 1.29 is 14.4 Å². The van der Waals surface area contributed by atoms with Crippen LogP contribution in [0.15, 0.2) is 29.2 Å². The highest BCUT2D eigenvalue weighted by Gasteiger charge is 2.30. The number of aryl methyl sites for hydroxylation is 1. The Morgan fingerprint density at radius 2 is 1.88 bits per heavy atom. The summed E-state index contributed by atoms with van der Waals surface area (Å²) in [6, 6.07) is 7.50. The Balaban J connectivity index is 1.41. The van der Waals surface area contributed by atoms with Crippen molar-refractivity contribution in [1.82, 2.24) is 15.5 Å². The van der Waals surface area contributed by atoms with Crippen LogP contribution in [0.3, 0.4) is 0 Å². The number of nitrogens with one attached hydrogen (secondary N) is 2. The average molecular weight is 361 g/mol. The van der Waals surface area contributed by atoms with Crippen LogP contribution < -0.4 is 10.6 Å². The molecule has 3 rings (SSSR count). The highest BCUT2D eigenvalue weighted by atomic mass is 32.2. The standard InChI is InChI=1S/C18H23N3O3S/c1-12-2-4-13(5-3-12)25-14-8-10-21(11-9-14)16(22)7-6-15-17(23)20-18(24)19-15/h2-5,14-15H,6-11H2,1H3,(H2,19,20,23,24). The van der Waals surface area contributed by atoms with Crippen molar-refractivity contribution in [1.29, 1.82) is 0 Å². The lowest BCUT2D eigenvalue weighted by molar-refractivity contribution is -0.132. The van der Waals surface area contributed by atoms with Gasteiger partial charge in [0.25, 0.3) is 5.91 Å². The maximum Gasteiger partial charge on any atom is 0.322 e. The summed E-state index contributed by atoms with van der Waals surface area (Å²) >= 11 is 1.88. The first-order valence-corrected chi connectivity index (χ1v) is 9.51. The zero-order valence-corrected chi connectivity index (χ0v) is 15.1. The monoisotopic (exact) mass is 361 g/mol. The Hall–Kier alpha value is -2.02. The molecule has 0 aromatic heterocycles. The third-order valence-corrected chi connectivity index (χ3v) is 5.97. The van der Waals surface area contributed by atoms with E-state index >= 15 is 0 Å². The summed E-state index contributed by atoms with van der Waals surface area (Å²) in [5, 5.41) is 5.25. The fourth-order valence-corrected chi connectivity index (χ4v) is 4.25. The summed E-state index contributed by atoms with van der Waals surface area (Å²) in [6.07, 6.45) is 2.60. The summed E-state index contributed by atoms with van der Waals surface area (Å²) < 4.78 is 0. The Morgan fingerprint density at radius 3 is 2.48 bits per heavy atom. The van der Waals surface area contributed by atoms with Gasteiger partial charge < -0.3 is 10.2 Å². The van der Waals surface area contributed by atoms with Gasteiger partial charge in [0.05, 0.1) is 0 Å². The molecule has 1 aromatic rings. The molecule has 1 unspecified atom stereocenters. The summed E-state index contributed by atoms with van der Waals surface area (Å²) in [7, 11) is 0. The lowest BCUT2D eigenvalue weighted by Gasteiger charge is -2.32. The fraction of sp³-hybridized carbons (Fsp3) is 0.500.